The summed E-state index contributed by atoms with van der Waals surface area (Å²) < 4.78 is 11.4. The van der Waals surface area contributed by atoms with Crippen LogP contribution in [0.1, 0.15) is 27.2 Å². The van der Waals surface area contributed by atoms with E-state index in [9.17, 15) is 4.79 Å². The summed E-state index contributed by atoms with van der Waals surface area (Å²) in [6.45, 7) is 0.718. The second kappa shape index (κ2) is 8.46. The summed E-state index contributed by atoms with van der Waals surface area (Å²) in [5, 5.41) is 9.94. The third-order valence-corrected chi connectivity index (χ3v) is 7.67. The normalized spacial score (nSPS) is 13.4. The SMILES string of the molecule is O=C(Nc1ccc(-c2onc3c2CCc2ccccc2-3)cc1)c1csc(-c2ccc3c(c2)CCO3)n1. The summed E-state index contributed by atoms with van der Waals surface area (Å²) in [5.74, 6) is 1.50. The van der Waals surface area contributed by atoms with Crippen LogP contribution in [0.15, 0.2) is 76.6 Å². The van der Waals surface area contributed by atoms with E-state index in [1.165, 1.54) is 22.5 Å². The molecule has 36 heavy (non-hydrogen) atoms. The molecule has 2 aliphatic rings. The lowest BCUT2D eigenvalue weighted by atomic mass is 9.88. The summed E-state index contributed by atoms with van der Waals surface area (Å²) in [6.07, 6.45) is 2.77. The molecule has 1 amide bonds. The minimum absolute atomic E-state index is 0.233. The summed E-state index contributed by atoms with van der Waals surface area (Å²) in [4.78, 5) is 17.4. The molecule has 176 valence electrons. The van der Waals surface area contributed by atoms with Gasteiger partial charge in [0.2, 0.25) is 0 Å². The Balaban J connectivity index is 1.08. The third kappa shape index (κ3) is 3.60. The van der Waals surface area contributed by atoms with Gasteiger partial charge in [-0.25, -0.2) is 4.98 Å². The number of aryl methyl sites for hydroxylation is 1. The molecule has 3 heterocycles. The van der Waals surface area contributed by atoms with Gasteiger partial charge in [0.05, 0.1) is 6.61 Å². The minimum Gasteiger partial charge on any atom is -0.493 e. The van der Waals surface area contributed by atoms with Gasteiger partial charge in [-0.2, -0.15) is 0 Å². The lowest BCUT2D eigenvalue weighted by Gasteiger charge is -2.14. The molecule has 1 N–H and O–H groups in total. The van der Waals surface area contributed by atoms with Crippen LogP contribution in [0.2, 0.25) is 0 Å². The van der Waals surface area contributed by atoms with Crippen LogP contribution < -0.4 is 10.1 Å². The number of hydrogen-bond donors (Lipinski definition) is 1. The smallest absolute Gasteiger partial charge is 0.275 e. The van der Waals surface area contributed by atoms with Gasteiger partial charge < -0.3 is 14.6 Å². The first-order valence-electron chi connectivity index (χ1n) is 11.9. The molecule has 6 nitrogen and oxygen atoms in total. The van der Waals surface area contributed by atoms with E-state index in [2.05, 4.69) is 39.7 Å². The van der Waals surface area contributed by atoms with Crippen molar-refractivity contribution >= 4 is 22.9 Å². The topological polar surface area (TPSA) is 77.2 Å². The largest absolute Gasteiger partial charge is 0.493 e. The maximum absolute atomic E-state index is 12.9. The van der Waals surface area contributed by atoms with Crippen molar-refractivity contribution in [3.05, 3.63) is 94.5 Å². The monoisotopic (exact) mass is 491 g/mol. The number of carbonyl (C=O) groups is 1. The van der Waals surface area contributed by atoms with Crippen LogP contribution in [0.5, 0.6) is 5.75 Å². The Bertz CT molecular complexity index is 1620. The van der Waals surface area contributed by atoms with Crippen LogP contribution in [0.4, 0.5) is 5.69 Å². The van der Waals surface area contributed by atoms with Crippen LogP contribution in [0.3, 0.4) is 0 Å². The summed E-state index contributed by atoms with van der Waals surface area (Å²) >= 11 is 1.46. The number of nitrogens with zero attached hydrogens (tertiary/aromatic N) is 2. The molecule has 0 radical (unpaired) electrons. The highest BCUT2D eigenvalue weighted by Crippen LogP contribution is 2.38. The fourth-order valence-corrected chi connectivity index (χ4v) is 5.74. The lowest BCUT2D eigenvalue weighted by molar-refractivity contribution is 0.102. The maximum Gasteiger partial charge on any atom is 0.275 e. The van der Waals surface area contributed by atoms with Crippen LogP contribution in [0, 0.1) is 0 Å². The van der Waals surface area contributed by atoms with Gasteiger partial charge >= 0.3 is 0 Å². The van der Waals surface area contributed by atoms with Crippen LogP contribution in [-0.4, -0.2) is 22.7 Å². The van der Waals surface area contributed by atoms with Crippen molar-refractivity contribution < 1.29 is 14.1 Å². The number of carbonyl (C=O) groups excluding carboxylic acids is 1. The van der Waals surface area contributed by atoms with E-state index < -0.39 is 0 Å². The number of hydrogen-bond acceptors (Lipinski definition) is 6. The van der Waals surface area contributed by atoms with Gasteiger partial charge in [0.15, 0.2) is 5.76 Å². The number of rotatable bonds is 4. The minimum atomic E-state index is -0.233. The van der Waals surface area contributed by atoms with Gasteiger partial charge in [0.1, 0.15) is 22.1 Å². The van der Waals surface area contributed by atoms with Crippen molar-refractivity contribution in [3.8, 4) is 38.9 Å². The number of anilines is 1. The van der Waals surface area contributed by atoms with Gasteiger partial charge in [0, 0.05) is 39.7 Å². The Kier molecular flexibility index (Phi) is 4.96. The fraction of sp³-hybridized carbons (Fsp3) is 0.138. The van der Waals surface area contributed by atoms with E-state index in [0.717, 1.165) is 70.3 Å². The molecule has 0 unspecified atom stereocenters. The molecule has 5 aromatic rings. The van der Waals surface area contributed by atoms with Gasteiger partial charge in [-0.1, -0.05) is 29.4 Å². The van der Waals surface area contributed by atoms with E-state index in [1.54, 1.807) is 5.38 Å². The molecular weight excluding hydrogens is 470 g/mol. The molecule has 1 aliphatic carbocycles. The number of ether oxygens (including phenoxy) is 1. The third-order valence-electron chi connectivity index (χ3n) is 6.78. The highest BCUT2D eigenvalue weighted by molar-refractivity contribution is 7.13. The highest BCUT2D eigenvalue weighted by atomic mass is 32.1. The first-order chi connectivity index (χ1) is 17.7. The molecule has 7 rings (SSSR count). The first-order valence-corrected chi connectivity index (χ1v) is 12.8. The van der Waals surface area contributed by atoms with Crippen molar-refractivity contribution in [3.63, 3.8) is 0 Å². The molecule has 3 aromatic carbocycles. The predicted molar refractivity (Wildman–Crippen MR) is 139 cm³/mol. The average Bonchev–Trinajstić information content (AvgIpc) is 3.68. The number of nitrogens with one attached hydrogen (secondary N) is 1. The zero-order valence-electron chi connectivity index (χ0n) is 19.3. The van der Waals surface area contributed by atoms with E-state index >= 15 is 0 Å². The van der Waals surface area contributed by atoms with Crippen molar-refractivity contribution in [2.75, 3.05) is 11.9 Å². The second-order valence-electron chi connectivity index (χ2n) is 8.99. The number of fused-ring (bicyclic) bond motifs is 4. The number of benzene rings is 3. The Morgan fingerprint density at radius 1 is 0.917 bits per heavy atom. The van der Waals surface area contributed by atoms with E-state index in [4.69, 9.17) is 9.26 Å². The summed E-state index contributed by atoms with van der Waals surface area (Å²) in [5.41, 5.74) is 8.75. The zero-order chi connectivity index (χ0) is 24.1. The molecule has 0 saturated heterocycles. The molecule has 0 saturated carbocycles. The fourth-order valence-electron chi connectivity index (χ4n) is 4.94. The van der Waals surface area contributed by atoms with E-state index in [1.807, 2.05) is 42.5 Å². The van der Waals surface area contributed by atoms with Crippen LogP contribution in [0.25, 0.3) is 33.2 Å². The van der Waals surface area contributed by atoms with Gasteiger partial charge in [-0.05, 0) is 66.4 Å². The molecule has 7 heteroatoms. The van der Waals surface area contributed by atoms with E-state index in [-0.39, 0.29) is 5.91 Å². The standard InChI is InChI=1S/C29H21N3O3S/c33-28(24-16-36-29(31-24)20-8-12-25-19(15-20)13-14-34-25)30-21-9-5-18(6-10-21)27-23-11-7-17-3-1-2-4-22(17)26(23)32-35-27/h1-6,8-10,12,15-16H,7,11,13-14H2,(H,30,33). The van der Waals surface area contributed by atoms with Crippen molar-refractivity contribution in [2.24, 2.45) is 0 Å². The summed E-state index contributed by atoms with van der Waals surface area (Å²) in [7, 11) is 0. The average molecular weight is 492 g/mol. The number of amides is 1. The van der Waals surface area contributed by atoms with Crippen molar-refractivity contribution in [2.45, 2.75) is 19.3 Å². The highest BCUT2D eigenvalue weighted by Gasteiger charge is 2.24. The van der Waals surface area contributed by atoms with Gasteiger partial charge in [-0.3, -0.25) is 4.79 Å². The van der Waals surface area contributed by atoms with Crippen LogP contribution in [-0.2, 0) is 19.3 Å². The molecule has 0 bridgehead atoms. The molecule has 2 aromatic heterocycles. The molecular formula is C29H21N3O3S. The number of aromatic nitrogens is 2. The number of thiazole rings is 1. The second-order valence-corrected chi connectivity index (χ2v) is 9.84. The van der Waals surface area contributed by atoms with Gasteiger partial charge in [0.25, 0.3) is 5.91 Å². The summed E-state index contributed by atoms with van der Waals surface area (Å²) in [6, 6.07) is 22.1. The van der Waals surface area contributed by atoms with Crippen LogP contribution >= 0.6 is 11.3 Å². The molecule has 0 fully saturated rings. The maximum atomic E-state index is 12.9. The van der Waals surface area contributed by atoms with Crippen molar-refractivity contribution in [1.29, 1.82) is 0 Å². The predicted octanol–water partition coefficient (Wildman–Crippen LogP) is 6.42. The Morgan fingerprint density at radius 3 is 2.69 bits per heavy atom. The molecule has 0 spiro atoms. The first kappa shape index (κ1) is 21.1. The van der Waals surface area contributed by atoms with E-state index in [0.29, 0.717) is 11.4 Å². The zero-order valence-corrected chi connectivity index (χ0v) is 20.1. The Morgan fingerprint density at radius 2 is 1.78 bits per heavy atom. The van der Waals surface area contributed by atoms with Gasteiger partial charge in [-0.15, -0.1) is 11.3 Å². The Labute approximate surface area is 211 Å². The Hall–Kier alpha value is -4.23. The molecule has 0 atom stereocenters. The molecule has 1 aliphatic heterocycles. The lowest BCUT2D eigenvalue weighted by Crippen LogP contribution is -2.12. The quantitative estimate of drug-likeness (QED) is 0.314. The van der Waals surface area contributed by atoms with Crippen molar-refractivity contribution in [1.82, 2.24) is 10.1 Å².